The standard InChI is InChI=1S/C19H22FN5/c1-23-19-3-2-8-24(14-17(19)10-21-23)11-16-9-22-25(13-16)12-15-4-6-18(20)7-5-15/h4-7,9-10,13H,2-3,8,11-12,14H2,1H3. The summed E-state index contributed by atoms with van der Waals surface area (Å²) >= 11 is 0. The summed E-state index contributed by atoms with van der Waals surface area (Å²) in [5, 5.41) is 8.84. The molecule has 0 atom stereocenters. The second-order valence-corrected chi connectivity index (χ2v) is 6.73. The average Bonchev–Trinajstić information content (AvgIpc) is 3.11. The fraction of sp³-hybridized carbons (Fsp3) is 0.368. The van der Waals surface area contributed by atoms with Gasteiger partial charge in [-0.25, -0.2) is 4.39 Å². The molecule has 0 N–H and O–H groups in total. The highest BCUT2D eigenvalue weighted by atomic mass is 19.1. The summed E-state index contributed by atoms with van der Waals surface area (Å²) in [6.07, 6.45) is 8.24. The van der Waals surface area contributed by atoms with Crippen LogP contribution in [0.25, 0.3) is 0 Å². The SMILES string of the molecule is Cn1ncc2c1CCCN(Cc1cnn(Cc3ccc(F)cc3)c1)C2. The minimum atomic E-state index is -0.208. The van der Waals surface area contributed by atoms with Crippen LogP contribution < -0.4 is 0 Å². The number of aryl methyl sites for hydroxylation is 1. The van der Waals surface area contributed by atoms with Crippen LogP contribution in [0.2, 0.25) is 0 Å². The predicted octanol–water partition coefficient (Wildman–Crippen LogP) is 2.75. The number of aromatic nitrogens is 4. The van der Waals surface area contributed by atoms with Crippen molar-refractivity contribution in [2.75, 3.05) is 6.54 Å². The van der Waals surface area contributed by atoms with Gasteiger partial charge in [-0.2, -0.15) is 10.2 Å². The van der Waals surface area contributed by atoms with Crippen LogP contribution in [0, 0.1) is 5.82 Å². The molecule has 0 bridgehead atoms. The molecular weight excluding hydrogens is 317 g/mol. The monoisotopic (exact) mass is 339 g/mol. The van der Waals surface area contributed by atoms with Crippen molar-refractivity contribution in [2.45, 2.75) is 32.5 Å². The molecule has 3 aromatic rings. The van der Waals surface area contributed by atoms with Crippen molar-refractivity contribution in [3.63, 3.8) is 0 Å². The van der Waals surface area contributed by atoms with Gasteiger partial charge < -0.3 is 0 Å². The molecule has 0 spiro atoms. The average molecular weight is 339 g/mol. The van der Waals surface area contributed by atoms with Crippen LogP contribution in [0.3, 0.4) is 0 Å². The second-order valence-electron chi connectivity index (χ2n) is 6.73. The van der Waals surface area contributed by atoms with Crippen LogP contribution in [-0.2, 0) is 33.1 Å². The van der Waals surface area contributed by atoms with Crippen LogP contribution in [0.5, 0.6) is 0 Å². The topological polar surface area (TPSA) is 38.9 Å². The third-order valence-corrected chi connectivity index (χ3v) is 4.78. The van der Waals surface area contributed by atoms with Crippen molar-refractivity contribution in [3.8, 4) is 0 Å². The summed E-state index contributed by atoms with van der Waals surface area (Å²) in [5.74, 6) is -0.208. The molecule has 5 nitrogen and oxygen atoms in total. The Morgan fingerprint density at radius 1 is 1.04 bits per heavy atom. The number of rotatable bonds is 4. The Morgan fingerprint density at radius 2 is 1.88 bits per heavy atom. The van der Waals surface area contributed by atoms with E-state index in [1.807, 2.05) is 28.8 Å². The maximum absolute atomic E-state index is 13.0. The minimum absolute atomic E-state index is 0.208. The molecule has 1 aromatic carbocycles. The summed E-state index contributed by atoms with van der Waals surface area (Å²) in [4.78, 5) is 2.45. The summed E-state index contributed by atoms with van der Waals surface area (Å²) in [5.41, 5.74) is 4.94. The van der Waals surface area contributed by atoms with E-state index in [0.29, 0.717) is 6.54 Å². The maximum Gasteiger partial charge on any atom is 0.123 e. The fourth-order valence-electron chi connectivity index (χ4n) is 3.50. The van der Waals surface area contributed by atoms with Crippen LogP contribution in [0.15, 0.2) is 42.9 Å². The Labute approximate surface area is 146 Å². The molecule has 0 aliphatic carbocycles. The lowest BCUT2D eigenvalue weighted by molar-refractivity contribution is 0.261. The van der Waals surface area contributed by atoms with Crippen LogP contribution >= 0.6 is 0 Å². The smallest absolute Gasteiger partial charge is 0.123 e. The van der Waals surface area contributed by atoms with E-state index in [4.69, 9.17) is 0 Å². The van der Waals surface area contributed by atoms with Crippen molar-refractivity contribution in [1.82, 2.24) is 24.5 Å². The van der Waals surface area contributed by atoms with E-state index in [0.717, 1.165) is 38.0 Å². The number of hydrogen-bond donors (Lipinski definition) is 0. The lowest BCUT2D eigenvalue weighted by Gasteiger charge is -2.18. The summed E-state index contributed by atoms with van der Waals surface area (Å²) in [6.45, 7) is 3.56. The molecule has 0 unspecified atom stereocenters. The predicted molar refractivity (Wildman–Crippen MR) is 93.4 cm³/mol. The highest BCUT2D eigenvalue weighted by Crippen LogP contribution is 2.19. The van der Waals surface area contributed by atoms with Crippen LogP contribution in [-0.4, -0.2) is 31.0 Å². The largest absolute Gasteiger partial charge is 0.295 e. The Hall–Kier alpha value is -2.47. The van der Waals surface area contributed by atoms with Gasteiger partial charge in [-0.3, -0.25) is 14.3 Å². The molecule has 130 valence electrons. The maximum atomic E-state index is 13.0. The van der Waals surface area contributed by atoms with Crippen LogP contribution in [0.4, 0.5) is 4.39 Å². The quantitative estimate of drug-likeness (QED) is 0.734. The fourth-order valence-corrected chi connectivity index (χ4v) is 3.50. The van der Waals surface area contributed by atoms with E-state index in [1.165, 1.54) is 29.0 Å². The lowest BCUT2D eigenvalue weighted by atomic mass is 10.2. The third kappa shape index (κ3) is 3.64. The molecule has 0 saturated heterocycles. The second kappa shape index (κ2) is 6.80. The van der Waals surface area contributed by atoms with Crippen molar-refractivity contribution in [3.05, 3.63) is 71.1 Å². The van der Waals surface area contributed by atoms with E-state index in [1.54, 1.807) is 12.1 Å². The Kier molecular flexibility index (Phi) is 4.36. The van der Waals surface area contributed by atoms with E-state index < -0.39 is 0 Å². The van der Waals surface area contributed by atoms with Crippen molar-refractivity contribution in [2.24, 2.45) is 7.05 Å². The normalized spacial score (nSPS) is 15.1. The molecule has 1 aliphatic heterocycles. The Morgan fingerprint density at radius 3 is 2.72 bits per heavy atom. The molecule has 0 fully saturated rings. The Bertz CT molecular complexity index is 849. The zero-order valence-electron chi connectivity index (χ0n) is 14.4. The number of benzene rings is 1. The summed E-state index contributed by atoms with van der Waals surface area (Å²) in [6, 6.07) is 6.58. The first-order chi connectivity index (χ1) is 12.2. The number of halogens is 1. The first-order valence-electron chi connectivity index (χ1n) is 8.65. The molecule has 3 heterocycles. The first-order valence-corrected chi connectivity index (χ1v) is 8.65. The number of fused-ring (bicyclic) bond motifs is 1. The van der Waals surface area contributed by atoms with E-state index >= 15 is 0 Å². The molecule has 2 aromatic heterocycles. The van der Waals surface area contributed by atoms with Crippen LogP contribution in [0.1, 0.15) is 28.8 Å². The molecule has 6 heteroatoms. The molecule has 0 radical (unpaired) electrons. The zero-order valence-corrected chi connectivity index (χ0v) is 14.4. The molecular formula is C19H22FN5. The van der Waals surface area contributed by atoms with Gasteiger partial charge in [0, 0.05) is 43.2 Å². The third-order valence-electron chi connectivity index (χ3n) is 4.78. The molecule has 25 heavy (non-hydrogen) atoms. The zero-order chi connectivity index (χ0) is 17.2. The molecule has 0 saturated carbocycles. The van der Waals surface area contributed by atoms with Gasteiger partial charge in [0.1, 0.15) is 5.82 Å². The molecule has 1 aliphatic rings. The minimum Gasteiger partial charge on any atom is -0.295 e. The van der Waals surface area contributed by atoms with Gasteiger partial charge >= 0.3 is 0 Å². The number of hydrogen-bond acceptors (Lipinski definition) is 3. The van der Waals surface area contributed by atoms with Crippen molar-refractivity contribution in [1.29, 1.82) is 0 Å². The highest BCUT2D eigenvalue weighted by Gasteiger charge is 2.18. The van der Waals surface area contributed by atoms with Gasteiger partial charge in [0.05, 0.1) is 18.9 Å². The van der Waals surface area contributed by atoms with Gasteiger partial charge in [0.25, 0.3) is 0 Å². The molecule has 4 rings (SSSR count). The van der Waals surface area contributed by atoms with E-state index in [9.17, 15) is 4.39 Å². The van der Waals surface area contributed by atoms with E-state index in [-0.39, 0.29) is 5.82 Å². The summed E-state index contributed by atoms with van der Waals surface area (Å²) in [7, 11) is 2.02. The summed E-state index contributed by atoms with van der Waals surface area (Å²) < 4.78 is 16.9. The van der Waals surface area contributed by atoms with Gasteiger partial charge in [-0.15, -0.1) is 0 Å². The van der Waals surface area contributed by atoms with Gasteiger partial charge in [-0.1, -0.05) is 12.1 Å². The number of nitrogens with zero attached hydrogens (tertiary/aromatic N) is 5. The van der Waals surface area contributed by atoms with Crippen molar-refractivity contribution >= 4 is 0 Å². The first kappa shape index (κ1) is 16.0. The van der Waals surface area contributed by atoms with Gasteiger partial charge in [0.15, 0.2) is 0 Å². The Balaban J connectivity index is 1.41. The van der Waals surface area contributed by atoms with Crippen molar-refractivity contribution < 1.29 is 4.39 Å². The van der Waals surface area contributed by atoms with E-state index in [2.05, 4.69) is 21.3 Å². The lowest BCUT2D eigenvalue weighted by Crippen LogP contribution is -2.22. The highest BCUT2D eigenvalue weighted by molar-refractivity contribution is 5.20. The van der Waals surface area contributed by atoms with Gasteiger partial charge in [0.2, 0.25) is 0 Å². The molecule has 0 amide bonds. The van der Waals surface area contributed by atoms with Gasteiger partial charge in [-0.05, 0) is 37.1 Å².